The maximum absolute atomic E-state index is 12.7. The van der Waals surface area contributed by atoms with Gasteiger partial charge in [-0.3, -0.25) is 4.79 Å². The number of rotatable bonds is 4. The zero-order chi connectivity index (χ0) is 18.3. The molecule has 1 N–H and O–H groups in total. The van der Waals surface area contributed by atoms with Crippen LogP contribution in [0.1, 0.15) is 24.0 Å². The lowest BCUT2D eigenvalue weighted by Crippen LogP contribution is -2.23. The van der Waals surface area contributed by atoms with Crippen molar-refractivity contribution in [1.29, 1.82) is 0 Å². The topological polar surface area (TPSA) is 76.7 Å². The van der Waals surface area contributed by atoms with Crippen molar-refractivity contribution in [3.8, 4) is 5.75 Å². The summed E-state index contributed by atoms with van der Waals surface area (Å²) in [6.45, 7) is -0.0406. The van der Waals surface area contributed by atoms with Crippen LogP contribution < -0.4 is 5.63 Å². The van der Waals surface area contributed by atoms with Gasteiger partial charge in [-0.25, -0.2) is 4.79 Å². The standard InChI is InChI=1S/C20H15ClO5/c21-14-3-1-13(2-4-14)20(7-8-20)19(24)25-11-12-9-18(23)26-17-10-15(22)5-6-16(12)17/h1-6,9-10,22H,7-8,11H2. The molecule has 0 atom stereocenters. The Morgan fingerprint density at radius 3 is 2.58 bits per heavy atom. The van der Waals surface area contributed by atoms with Crippen LogP contribution >= 0.6 is 11.6 Å². The van der Waals surface area contributed by atoms with Crippen molar-refractivity contribution in [3.05, 3.63) is 75.1 Å². The van der Waals surface area contributed by atoms with Crippen LogP contribution in [-0.4, -0.2) is 11.1 Å². The van der Waals surface area contributed by atoms with Gasteiger partial charge in [-0.05, 0) is 42.7 Å². The normalized spacial score (nSPS) is 15.0. The number of carbonyl (C=O) groups excluding carboxylic acids is 1. The third-order valence-electron chi connectivity index (χ3n) is 4.71. The number of hydrogen-bond donors (Lipinski definition) is 1. The fraction of sp³-hybridized carbons (Fsp3) is 0.200. The van der Waals surface area contributed by atoms with Gasteiger partial charge in [0, 0.05) is 28.1 Å². The summed E-state index contributed by atoms with van der Waals surface area (Å²) in [6.07, 6.45) is 1.44. The number of phenolic OH excluding ortho intramolecular Hbond substituents is 1. The van der Waals surface area contributed by atoms with Crippen LogP contribution in [0.4, 0.5) is 0 Å². The Morgan fingerprint density at radius 2 is 1.88 bits per heavy atom. The Hall–Kier alpha value is -2.79. The minimum Gasteiger partial charge on any atom is -0.508 e. The molecule has 1 saturated carbocycles. The number of phenols is 1. The van der Waals surface area contributed by atoms with Gasteiger partial charge in [-0.15, -0.1) is 0 Å². The van der Waals surface area contributed by atoms with E-state index in [0.717, 1.165) is 18.4 Å². The number of aromatic hydroxyl groups is 1. The highest BCUT2D eigenvalue weighted by Crippen LogP contribution is 2.49. The van der Waals surface area contributed by atoms with Gasteiger partial charge in [-0.1, -0.05) is 23.7 Å². The van der Waals surface area contributed by atoms with Gasteiger partial charge in [0.25, 0.3) is 0 Å². The Morgan fingerprint density at radius 1 is 1.15 bits per heavy atom. The SMILES string of the molecule is O=C(OCc1cc(=O)oc2cc(O)ccc12)C1(c2ccc(Cl)cc2)CC1. The maximum atomic E-state index is 12.7. The number of ether oxygens (including phenoxy) is 1. The smallest absolute Gasteiger partial charge is 0.336 e. The first-order chi connectivity index (χ1) is 12.5. The van der Waals surface area contributed by atoms with E-state index in [2.05, 4.69) is 0 Å². The molecule has 3 aromatic rings. The summed E-state index contributed by atoms with van der Waals surface area (Å²) in [5.41, 5.74) is 0.485. The summed E-state index contributed by atoms with van der Waals surface area (Å²) >= 11 is 5.91. The van der Waals surface area contributed by atoms with E-state index in [1.54, 1.807) is 18.2 Å². The molecule has 4 rings (SSSR count). The van der Waals surface area contributed by atoms with E-state index in [9.17, 15) is 14.7 Å². The molecule has 0 bridgehead atoms. The van der Waals surface area contributed by atoms with Crippen molar-refractivity contribution in [2.75, 3.05) is 0 Å². The summed E-state index contributed by atoms with van der Waals surface area (Å²) in [6, 6.07) is 13.0. The quantitative estimate of drug-likeness (QED) is 0.556. The third-order valence-corrected chi connectivity index (χ3v) is 4.96. The van der Waals surface area contributed by atoms with Crippen molar-refractivity contribution in [1.82, 2.24) is 0 Å². The van der Waals surface area contributed by atoms with E-state index < -0.39 is 11.0 Å². The van der Waals surface area contributed by atoms with Gasteiger partial charge < -0.3 is 14.3 Å². The molecule has 0 aliphatic heterocycles. The molecule has 6 heteroatoms. The van der Waals surface area contributed by atoms with E-state index in [0.29, 0.717) is 16.0 Å². The number of carbonyl (C=O) groups is 1. The Bertz CT molecular complexity index is 1050. The zero-order valence-electron chi connectivity index (χ0n) is 13.7. The van der Waals surface area contributed by atoms with Crippen molar-refractivity contribution < 1.29 is 19.1 Å². The number of esters is 1. The molecule has 0 saturated heterocycles. The minimum absolute atomic E-state index is 0.00512. The van der Waals surface area contributed by atoms with Crippen molar-refractivity contribution >= 4 is 28.5 Å². The first kappa shape index (κ1) is 16.7. The molecule has 132 valence electrons. The number of benzene rings is 2. The van der Waals surface area contributed by atoms with Gasteiger partial charge in [0.1, 0.15) is 17.9 Å². The molecule has 1 fully saturated rings. The van der Waals surface area contributed by atoms with Crippen LogP contribution in [0.3, 0.4) is 0 Å². The predicted octanol–water partition coefficient (Wildman–Crippen LogP) is 3.93. The first-order valence-corrected chi connectivity index (χ1v) is 8.55. The summed E-state index contributed by atoms with van der Waals surface area (Å²) in [7, 11) is 0. The van der Waals surface area contributed by atoms with Gasteiger partial charge in [0.15, 0.2) is 0 Å². The van der Waals surface area contributed by atoms with Crippen molar-refractivity contribution in [3.63, 3.8) is 0 Å². The highest BCUT2D eigenvalue weighted by molar-refractivity contribution is 6.30. The van der Waals surface area contributed by atoms with Crippen LogP contribution in [-0.2, 0) is 21.6 Å². The van der Waals surface area contributed by atoms with Gasteiger partial charge in [-0.2, -0.15) is 0 Å². The molecule has 1 aromatic heterocycles. The van der Waals surface area contributed by atoms with Crippen LogP contribution in [0, 0.1) is 0 Å². The fourth-order valence-corrected chi connectivity index (χ4v) is 3.25. The summed E-state index contributed by atoms with van der Waals surface area (Å²) in [4.78, 5) is 24.4. The zero-order valence-corrected chi connectivity index (χ0v) is 14.5. The highest BCUT2D eigenvalue weighted by Gasteiger charge is 2.52. The molecule has 1 aliphatic rings. The average Bonchev–Trinajstić information content (AvgIpc) is 3.41. The molecule has 1 aliphatic carbocycles. The van der Waals surface area contributed by atoms with E-state index >= 15 is 0 Å². The van der Waals surface area contributed by atoms with Gasteiger partial charge >= 0.3 is 11.6 Å². The molecular formula is C20H15ClO5. The summed E-state index contributed by atoms with van der Waals surface area (Å²) < 4.78 is 10.6. The van der Waals surface area contributed by atoms with E-state index in [4.69, 9.17) is 20.8 Å². The van der Waals surface area contributed by atoms with Crippen LogP contribution in [0.25, 0.3) is 11.0 Å². The Kier molecular flexibility index (Phi) is 3.96. The lowest BCUT2D eigenvalue weighted by Gasteiger charge is -2.15. The average molecular weight is 371 g/mol. The molecule has 26 heavy (non-hydrogen) atoms. The molecular weight excluding hydrogens is 356 g/mol. The number of fused-ring (bicyclic) bond motifs is 1. The minimum atomic E-state index is -0.627. The molecule has 2 aromatic carbocycles. The first-order valence-electron chi connectivity index (χ1n) is 8.17. The lowest BCUT2D eigenvalue weighted by atomic mass is 9.96. The second kappa shape index (κ2) is 6.18. The molecule has 0 unspecified atom stereocenters. The number of halogens is 1. The number of hydrogen-bond acceptors (Lipinski definition) is 5. The van der Waals surface area contributed by atoms with E-state index in [1.807, 2.05) is 12.1 Å². The van der Waals surface area contributed by atoms with Crippen molar-refractivity contribution in [2.45, 2.75) is 24.9 Å². The largest absolute Gasteiger partial charge is 0.508 e. The molecule has 0 spiro atoms. The summed E-state index contributed by atoms with van der Waals surface area (Å²) in [5.74, 6) is -0.325. The van der Waals surface area contributed by atoms with Crippen LogP contribution in [0.5, 0.6) is 5.75 Å². The van der Waals surface area contributed by atoms with Gasteiger partial charge in [0.05, 0.1) is 5.41 Å². The monoisotopic (exact) mass is 370 g/mol. The van der Waals surface area contributed by atoms with E-state index in [-0.39, 0.29) is 23.9 Å². The third kappa shape index (κ3) is 2.95. The van der Waals surface area contributed by atoms with Gasteiger partial charge in [0.2, 0.25) is 0 Å². The second-order valence-electron chi connectivity index (χ2n) is 6.44. The van der Waals surface area contributed by atoms with Crippen molar-refractivity contribution in [2.24, 2.45) is 0 Å². The Balaban J connectivity index is 1.58. The Labute approximate surface area is 153 Å². The predicted molar refractivity (Wildman–Crippen MR) is 96.3 cm³/mol. The van der Waals surface area contributed by atoms with Crippen LogP contribution in [0.15, 0.2) is 57.7 Å². The lowest BCUT2D eigenvalue weighted by molar-refractivity contribution is -0.148. The maximum Gasteiger partial charge on any atom is 0.336 e. The summed E-state index contributed by atoms with van der Waals surface area (Å²) in [5, 5.41) is 10.8. The fourth-order valence-electron chi connectivity index (χ4n) is 3.12. The van der Waals surface area contributed by atoms with Crippen LogP contribution in [0.2, 0.25) is 5.02 Å². The molecule has 0 amide bonds. The molecule has 1 heterocycles. The molecule has 0 radical (unpaired) electrons. The van der Waals surface area contributed by atoms with E-state index in [1.165, 1.54) is 18.2 Å². The second-order valence-corrected chi connectivity index (χ2v) is 6.87. The highest BCUT2D eigenvalue weighted by atomic mass is 35.5. The molecule has 5 nitrogen and oxygen atoms in total.